The van der Waals surface area contributed by atoms with E-state index in [9.17, 15) is 30.8 Å². The molecule has 0 aromatic carbocycles. The van der Waals surface area contributed by atoms with Crippen LogP contribution < -0.4 is 0 Å². The van der Waals surface area contributed by atoms with E-state index in [1.165, 1.54) is 6.42 Å². The average molecular weight is 458 g/mol. The predicted octanol–water partition coefficient (Wildman–Crippen LogP) is 4.03. The molecule has 11 heteroatoms. The Balaban J connectivity index is 1.70. The maximum absolute atomic E-state index is 13.5. The molecule has 4 rings (SSSR count). The van der Waals surface area contributed by atoms with Gasteiger partial charge in [-0.1, -0.05) is 20.4 Å². The molecular weight excluding hydrogens is 432 g/mol. The van der Waals surface area contributed by atoms with E-state index in [2.05, 4.69) is 11.3 Å². The van der Waals surface area contributed by atoms with E-state index in [-0.39, 0.29) is 17.8 Å². The Morgan fingerprint density at radius 2 is 1.57 bits per heavy atom. The van der Waals surface area contributed by atoms with Gasteiger partial charge in [-0.3, -0.25) is 4.55 Å². The van der Waals surface area contributed by atoms with E-state index in [0.29, 0.717) is 11.8 Å². The minimum Gasteiger partial charge on any atom is -0.455 e. The van der Waals surface area contributed by atoms with Crippen molar-refractivity contribution < 1.29 is 44.8 Å². The summed E-state index contributed by atoms with van der Waals surface area (Å²) >= 11 is 0. The lowest BCUT2D eigenvalue weighted by molar-refractivity contribution is -0.314. The number of hydrogen-bond donors (Lipinski definition) is 1. The first-order valence-electron chi connectivity index (χ1n) is 9.89. The first-order valence-corrected chi connectivity index (χ1v) is 11.3. The van der Waals surface area contributed by atoms with Crippen LogP contribution in [0, 0.1) is 29.6 Å². The number of carbonyl (C=O) groups is 1. The number of hydrogen-bond acceptors (Lipinski definition) is 5. The summed E-state index contributed by atoms with van der Waals surface area (Å²) in [5, 5.41) is -5.88. The largest absolute Gasteiger partial charge is 0.459 e. The number of alkyl halides is 4. The van der Waals surface area contributed by atoms with Crippen molar-refractivity contribution >= 4 is 16.1 Å². The van der Waals surface area contributed by atoms with Crippen LogP contribution in [-0.2, 0) is 24.4 Å². The number of rotatable bonds is 8. The molecule has 4 bridgehead atoms. The number of ether oxygens (including phenoxy) is 2. The molecule has 0 radical (unpaired) electrons. The third kappa shape index (κ3) is 3.66. The zero-order valence-corrected chi connectivity index (χ0v) is 17.6. The highest BCUT2D eigenvalue weighted by molar-refractivity contribution is 7.86. The molecule has 6 nitrogen and oxygen atoms in total. The van der Waals surface area contributed by atoms with E-state index in [1.807, 2.05) is 13.8 Å². The zero-order chi connectivity index (χ0) is 22.7. The Bertz CT molecular complexity index is 795. The Morgan fingerprint density at radius 1 is 1.10 bits per heavy atom. The molecule has 4 aliphatic carbocycles. The minimum atomic E-state index is -6.44. The molecule has 4 aliphatic rings. The average Bonchev–Trinajstić information content (AvgIpc) is 2.60. The molecule has 0 saturated heterocycles. The molecule has 1 N–H and O–H groups in total. The molecule has 0 amide bonds. The molecule has 0 heterocycles. The Kier molecular flexibility index (Phi) is 5.82. The summed E-state index contributed by atoms with van der Waals surface area (Å²) in [6, 6.07) is 0. The van der Waals surface area contributed by atoms with Crippen molar-refractivity contribution in [3.63, 3.8) is 0 Å². The molecule has 30 heavy (non-hydrogen) atoms. The third-order valence-electron chi connectivity index (χ3n) is 6.97. The summed E-state index contributed by atoms with van der Waals surface area (Å²) in [4.78, 5) is 12.6. The van der Waals surface area contributed by atoms with Gasteiger partial charge in [0.15, 0.2) is 0 Å². The van der Waals surface area contributed by atoms with Crippen LogP contribution in [0.25, 0.3) is 0 Å². The number of esters is 1. The molecule has 0 unspecified atom stereocenters. The second-order valence-corrected chi connectivity index (χ2v) is 10.6. The quantitative estimate of drug-likeness (QED) is 0.256. The zero-order valence-electron chi connectivity index (χ0n) is 16.7. The number of halogens is 4. The Labute approximate surface area is 172 Å². The maximum atomic E-state index is 13.5. The molecule has 4 fully saturated rings. The second-order valence-electron chi connectivity index (χ2n) is 9.10. The molecule has 4 saturated carbocycles. The molecular formula is C19H26F4O6S. The van der Waals surface area contributed by atoms with Gasteiger partial charge in [-0.05, 0) is 61.7 Å². The Hall–Kier alpha value is -1.20. The lowest BCUT2D eigenvalue weighted by Gasteiger charge is -2.61. The van der Waals surface area contributed by atoms with Crippen molar-refractivity contribution in [3.05, 3.63) is 12.2 Å². The van der Waals surface area contributed by atoms with Crippen LogP contribution in [0.3, 0.4) is 0 Å². The first kappa shape index (κ1) is 23.5. The minimum absolute atomic E-state index is 0.0459. The van der Waals surface area contributed by atoms with Gasteiger partial charge >= 0.3 is 27.5 Å². The van der Waals surface area contributed by atoms with E-state index in [0.717, 1.165) is 25.7 Å². The third-order valence-corrected chi connectivity index (χ3v) is 7.85. The molecule has 0 aliphatic heterocycles. The van der Waals surface area contributed by atoms with Gasteiger partial charge in [0.1, 0.15) is 5.60 Å². The predicted molar refractivity (Wildman–Crippen MR) is 97.2 cm³/mol. The summed E-state index contributed by atoms with van der Waals surface area (Å²) in [5.41, 5.74) is -1.43. The highest BCUT2D eigenvalue weighted by atomic mass is 32.2. The first-order chi connectivity index (χ1) is 13.6. The summed E-state index contributed by atoms with van der Waals surface area (Å²) in [6.45, 7) is 5.75. The normalized spacial score (nSPS) is 33.7. The van der Waals surface area contributed by atoms with Crippen LogP contribution >= 0.6 is 0 Å². The van der Waals surface area contributed by atoms with E-state index >= 15 is 0 Å². The van der Waals surface area contributed by atoms with Crippen molar-refractivity contribution in [2.24, 2.45) is 29.6 Å². The summed E-state index contributed by atoms with van der Waals surface area (Å²) in [7, 11) is -6.44. The lowest BCUT2D eigenvalue weighted by atomic mass is 9.47. The standard InChI is InChI=1S/C19H26F4O6S/c1-10(2)17(14-5-12-4-13(7-14)8-15(17)6-12)29-16(24)11(3)9-28-18(20,21)19(22,23)30(25,26)27/h10,12-15H,3-9H2,1-2H3,(H,25,26,27). The molecule has 0 spiro atoms. The van der Waals surface area contributed by atoms with Crippen LogP contribution in [0.15, 0.2) is 12.2 Å². The highest BCUT2D eigenvalue weighted by Gasteiger charge is 2.68. The van der Waals surface area contributed by atoms with Gasteiger partial charge in [-0.2, -0.15) is 26.0 Å². The smallest absolute Gasteiger partial charge is 0.455 e. The topological polar surface area (TPSA) is 89.9 Å². The van der Waals surface area contributed by atoms with Crippen LogP contribution in [-0.4, -0.2) is 42.5 Å². The lowest BCUT2D eigenvalue weighted by Crippen LogP contribution is -2.62. The molecule has 172 valence electrons. The van der Waals surface area contributed by atoms with Gasteiger partial charge in [0.2, 0.25) is 0 Å². The van der Waals surface area contributed by atoms with Gasteiger partial charge < -0.3 is 9.47 Å². The van der Waals surface area contributed by atoms with E-state index in [1.54, 1.807) is 0 Å². The second kappa shape index (κ2) is 7.44. The van der Waals surface area contributed by atoms with E-state index < -0.39 is 45.2 Å². The van der Waals surface area contributed by atoms with Crippen LogP contribution in [0.4, 0.5) is 17.6 Å². The number of carbonyl (C=O) groups excluding carboxylic acids is 1. The molecule has 0 aromatic rings. The van der Waals surface area contributed by atoms with E-state index in [4.69, 9.17) is 9.29 Å². The van der Waals surface area contributed by atoms with Crippen molar-refractivity contribution in [1.29, 1.82) is 0 Å². The van der Waals surface area contributed by atoms with Crippen LogP contribution in [0.2, 0.25) is 0 Å². The van der Waals surface area contributed by atoms with Gasteiger partial charge in [0.25, 0.3) is 0 Å². The fourth-order valence-corrected chi connectivity index (χ4v) is 6.21. The van der Waals surface area contributed by atoms with Crippen LogP contribution in [0.5, 0.6) is 0 Å². The Morgan fingerprint density at radius 3 is 1.97 bits per heavy atom. The van der Waals surface area contributed by atoms with Crippen molar-refractivity contribution in [3.8, 4) is 0 Å². The monoisotopic (exact) mass is 458 g/mol. The SMILES string of the molecule is C=C(COC(F)(F)C(F)(F)S(=O)(=O)O)C(=O)OC1(C(C)C)C2CC3CC(C2)CC1C3. The fraction of sp³-hybridized carbons (Fsp3) is 0.842. The fourth-order valence-electron chi connectivity index (χ4n) is 5.85. The van der Waals surface area contributed by atoms with Crippen molar-refractivity contribution in [2.45, 2.75) is 62.9 Å². The molecule has 0 atom stereocenters. The van der Waals surface area contributed by atoms with Gasteiger partial charge in [-0.15, -0.1) is 0 Å². The van der Waals surface area contributed by atoms with Crippen molar-refractivity contribution in [1.82, 2.24) is 0 Å². The summed E-state index contributed by atoms with van der Waals surface area (Å²) in [6.07, 6.45) is -0.727. The van der Waals surface area contributed by atoms with Gasteiger partial charge in [0, 0.05) is 0 Å². The van der Waals surface area contributed by atoms with Crippen LogP contribution in [0.1, 0.15) is 46.0 Å². The van der Waals surface area contributed by atoms with Gasteiger partial charge in [-0.25, -0.2) is 4.79 Å². The van der Waals surface area contributed by atoms with Gasteiger partial charge in [0.05, 0.1) is 12.2 Å². The maximum Gasteiger partial charge on any atom is 0.459 e. The molecule has 0 aromatic heterocycles. The summed E-state index contributed by atoms with van der Waals surface area (Å²) < 4.78 is 92.4. The highest BCUT2D eigenvalue weighted by Crippen LogP contribution is 2.61. The summed E-state index contributed by atoms with van der Waals surface area (Å²) in [5.74, 6) is 0.364. The van der Waals surface area contributed by atoms with Crippen molar-refractivity contribution in [2.75, 3.05) is 6.61 Å².